The van der Waals surface area contributed by atoms with Crippen LogP contribution in [0.25, 0.3) is 0 Å². The normalized spacial score (nSPS) is 34.2. The standard InChI is InChI=1S/C20H28O.C4H8.C2H2.CH3Br/c1-3-20-11-10-16-15-6-4-13(2)12-14(15)5-7-17(16)18(20)8-9-19(20)21;1-3-4-2;2*1-2/h10,14-15,17-18H,2-9,11-12H2,1H3;3H,1,4H2,2H3;1-2H;1H3/t14?,15-,17?,18?,20?;;;/m1.../s1. The molecule has 5 atom stereocenters. The van der Waals surface area contributed by atoms with Gasteiger partial charge in [-0.25, -0.2) is 0 Å². The lowest BCUT2D eigenvalue weighted by atomic mass is 9.54. The fraction of sp³-hybridized carbons (Fsp3) is 0.667. The van der Waals surface area contributed by atoms with Crippen molar-refractivity contribution in [1.82, 2.24) is 0 Å². The third kappa shape index (κ3) is 5.35. The predicted octanol–water partition coefficient (Wildman–Crippen LogP) is 7.92. The predicted molar refractivity (Wildman–Crippen MR) is 131 cm³/mol. The summed E-state index contributed by atoms with van der Waals surface area (Å²) < 4.78 is 0. The summed E-state index contributed by atoms with van der Waals surface area (Å²) in [5.41, 5.74) is 3.27. The van der Waals surface area contributed by atoms with Gasteiger partial charge in [-0.3, -0.25) is 4.79 Å². The number of hydrogen-bond acceptors (Lipinski definition) is 1. The average Bonchev–Trinajstić information content (AvgIpc) is 3.13. The van der Waals surface area contributed by atoms with Gasteiger partial charge in [-0.15, -0.1) is 19.4 Å². The minimum Gasteiger partial charge on any atom is -0.299 e. The smallest absolute Gasteiger partial charge is 0.139 e. The number of carbonyl (C=O) groups is 1. The van der Waals surface area contributed by atoms with Crippen molar-refractivity contribution < 1.29 is 4.79 Å². The highest BCUT2D eigenvalue weighted by atomic mass is 79.9. The van der Waals surface area contributed by atoms with Crippen molar-refractivity contribution in [3.63, 3.8) is 0 Å². The zero-order valence-electron chi connectivity index (χ0n) is 18.9. The number of terminal acetylenes is 1. The minimum absolute atomic E-state index is 0.0271. The van der Waals surface area contributed by atoms with Gasteiger partial charge in [0.1, 0.15) is 5.78 Å². The Kier molecular flexibility index (Phi) is 11.3. The molecule has 4 rings (SSSR count). The third-order valence-corrected chi connectivity index (χ3v) is 7.69. The third-order valence-electron chi connectivity index (χ3n) is 7.69. The van der Waals surface area contributed by atoms with Crippen molar-refractivity contribution >= 4 is 21.7 Å². The van der Waals surface area contributed by atoms with E-state index in [1.807, 2.05) is 11.9 Å². The number of Topliss-reactive ketones (excluding diaryl/α,β-unsaturated/α-hetero) is 1. The molecule has 29 heavy (non-hydrogen) atoms. The van der Waals surface area contributed by atoms with E-state index in [9.17, 15) is 4.79 Å². The number of rotatable bonds is 2. The lowest BCUT2D eigenvalue weighted by Crippen LogP contribution is -2.43. The Balaban J connectivity index is 0.000000463. The number of hydrogen-bond donors (Lipinski definition) is 0. The Morgan fingerprint density at radius 3 is 2.38 bits per heavy atom. The molecule has 0 aromatic carbocycles. The summed E-state index contributed by atoms with van der Waals surface area (Å²) in [6.07, 6.45) is 24.1. The van der Waals surface area contributed by atoms with Crippen LogP contribution in [0.4, 0.5) is 0 Å². The lowest BCUT2D eigenvalue weighted by molar-refractivity contribution is -0.128. The molecular weight excluding hydrogens is 420 g/mol. The molecule has 3 fully saturated rings. The number of ketones is 1. The van der Waals surface area contributed by atoms with E-state index in [-0.39, 0.29) is 5.41 Å². The first kappa shape index (κ1) is 26.0. The van der Waals surface area contributed by atoms with Crippen LogP contribution in [0.1, 0.15) is 78.1 Å². The fourth-order valence-corrected chi connectivity index (χ4v) is 6.30. The highest BCUT2D eigenvalue weighted by Crippen LogP contribution is 2.60. The van der Waals surface area contributed by atoms with Crippen molar-refractivity contribution in [1.29, 1.82) is 0 Å². The monoisotopic (exact) mass is 460 g/mol. The maximum Gasteiger partial charge on any atom is 0.139 e. The Morgan fingerprint density at radius 2 is 1.79 bits per heavy atom. The number of alkyl halides is 1. The SMILES string of the molecule is C#C.C=C1CC[C@H]2C3=CCC4(CC)C(=O)CCC4C3CCC2C1.C=CCC.CBr. The molecule has 4 aliphatic carbocycles. The Labute approximate surface area is 188 Å². The molecule has 0 amide bonds. The quantitative estimate of drug-likeness (QED) is 0.232. The highest BCUT2D eigenvalue weighted by Gasteiger charge is 2.55. The highest BCUT2D eigenvalue weighted by molar-refractivity contribution is 9.08. The summed E-state index contributed by atoms with van der Waals surface area (Å²) in [7, 11) is 0. The Bertz CT molecular complexity index is 613. The summed E-state index contributed by atoms with van der Waals surface area (Å²) in [4.78, 5) is 12.5. The summed E-state index contributed by atoms with van der Waals surface area (Å²) >= 11 is 2.94. The first-order chi connectivity index (χ1) is 14.1. The van der Waals surface area contributed by atoms with Gasteiger partial charge < -0.3 is 0 Å². The first-order valence-corrected chi connectivity index (χ1v) is 12.9. The second-order valence-electron chi connectivity index (χ2n) is 8.73. The topological polar surface area (TPSA) is 17.1 Å². The van der Waals surface area contributed by atoms with Crippen LogP contribution in [0.5, 0.6) is 0 Å². The number of halogens is 1. The van der Waals surface area contributed by atoms with Crippen LogP contribution in [-0.4, -0.2) is 11.6 Å². The molecule has 0 aromatic heterocycles. The molecule has 0 heterocycles. The van der Waals surface area contributed by atoms with Gasteiger partial charge in [0.05, 0.1) is 0 Å². The average molecular weight is 462 g/mol. The van der Waals surface area contributed by atoms with Crippen molar-refractivity contribution in [3.8, 4) is 12.8 Å². The molecule has 0 radical (unpaired) electrons. The van der Waals surface area contributed by atoms with Crippen LogP contribution in [0, 0.1) is 41.9 Å². The molecule has 0 N–H and O–H groups in total. The van der Waals surface area contributed by atoms with Crippen molar-refractivity contribution in [2.75, 3.05) is 5.83 Å². The zero-order chi connectivity index (χ0) is 22.0. The van der Waals surface area contributed by atoms with Crippen molar-refractivity contribution in [2.45, 2.75) is 78.1 Å². The molecule has 2 heteroatoms. The van der Waals surface area contributed by atoms with Gasteiger partial charge >= 0.3 is 0 Å². The molecule has 0 aliphatic heterocycles. The van der Waals surface area contributed by atoms with E-state index in [2.05, 4.69) is 61.9 Å². The summed E-state index contributed by atoms with van der Waals surface area (Å²) in [5, 5.41) is 0. The van der Waals surface area contributed by atoms with Gasteiger partial charge in [-0.05, 0) is 87.3 Å². The van der Waals surface area contributed by atoms with Gasteiger partial charge in [0.15, 0.2) is 0 Å². The van der Waals surface area contributed by atoms with Crippen molar-refractivity contribution in [2.24, 2.45) is 29.1 Å². The fourth-order valence-electron chi connectivity index (χ4n) is 6.30. The summed E-state index contributed by atoms with van der Waals surface area (Å²) in [6, 6.07) is 0. The zero-order valence-corrected chi connectivity index (χ0v) is 20.5. The van der Waals surface area contributed by atoms with Crippen LogP contribution in [-0.2, 0) is 4.79 Å². The second-order valence-corrected chi connectivity index (χ2v) is 8.73. The van der Waals surface area contributed by atoms with Gasteiger partial charge in [0.25, 0.3) is 0 Å². The van der Waals surface area contributed by atoms with E-state index in [1.54, 1.807) is 5.57 Å². The first-order valence-electron chi connectivity index (χ1n) is 11.3. The van der Waals surface area contributed by atoms with Gasteiger partial charge in [-0.2, -0.15) is 0 Å². The van der Waals surface area contributed by atoms with Gasteiger partial charge in [0, 0.05) is 11.8 Å². The molecular formula is C27H41BrO. The molecule has 4 unspecified atom stereocenters. The maximum absolute atomic E-state index is 12.5. The molecule has 0 spiro atoms. The van der Waals surface area contributed by atoms with Crippen LogP contribution in [0.2, 0.25) is 0 Å². The molecule has 0 bridgehead atoms. The van der Waals surface area contributed by atoms with Gasteiger partial charge in [-0.1, -0.05) is 59.7 Å². The number of carbonyl (C=O) groups excluding carboxylic acids is 1. The molecule has 0 saturated heterocycles. The molecule has 3 saturated carbocycles. The van der Waals surface area contributed by atoms with Crippen LogP contribution in [0.15, 0.2) is 36.5 Å². The van der Waals surface area contributed by atoms with Crippen molar-refractivity contribution in [3.05, 3.63) is 36.5 Å². The van der Waals surface area contributed by atoms with E-state index in [0.717, 1.165) is 43.4 Å². The molecule has 4 aliphatic rings. The van der Waals surface area contributed by atoms with E-state index >= 15 is 0 Å². The Morgan fingerprint density at radius 1 is 1.14 bits per heavy atom. The van der Waals surface area contributed by atoms with E-state index < -0.39 is 0 Å². The van der Waals surface area contributed by atoms with E-state index in [4.69, 9.17) is 0 Å². The molecule has 0 aromatic rings. The second kappa shape index (κ2) is 12.6. The van der Waals surface area contributed by atoms with Crippen LogP contribution < -0.4 is 0 Å². The van der Waals surface area contributed by atoms with Gasteiger partial charge in [0.2, 0.25) is 0 Å². The largest absolute Gasteiger partial charge is 0.299 e. The molecule has 1 nitrogen and oxygen atoms in total. The van der Waals surface area contributed by atoms with Crippen LogP contribution >= 0.6 is 15.9 Å². The maximum atomic E-state index is 12.5. The van der Waals surface area contributed by atoms with E-state index in [0.29, 0.717) is 11.7 Å². The summed E-state index contributed by atoms with van der Waals surface area (Å²) in [5.74, 6) is 5.47. The number of allylic oxidation sites excluding steroid dienone is 4. The Hall–Kier alpha value is -1.07. The van der Waals surface area contributed by atoms with Crippen LogP contribution in [0.3, 0.4) is 0 Å². The lowest BCUT2D eigenvalue weighted by Gasteiger charge is -2.50. The molecule has 162 valence electrons. The number of fused-ring (bicyclic) bond motifs is 5. The minimum atomic E-state index is 0.0271. The van der Waals surface area contributed by atoms with E-state index in [1.165, 1.54) is 44.1 Å². The summed E-state index contributed by atoms with van der Waals surface area (Å²) in [6.45, 7) is 12.0.